The van der Waals surface area contributed by atoms with Crippen LogP contribution in [0.5, 0.6) is 0 Å². The molecule has 0 fully saturated rings. The highest BCUT2D eigenvalue weighted by atomic mass is 16.5. The highest BCUT2D eigenvalue weighted by Crippen LogP contribution is 2.22. The first-order chi connectivity index (χ1) is 15.6. The van der Waals surface area contributed by atoms with Gasteiger partial charge in [-0.2, -0.15) is 0 Å². The molecule has 2 heterocycles. The molecule has 32 heavy (non-hydrogen) atoms. The van der Waals surface area contributed by atoms with Gasteiger partial charge in [-0.3, -0.25) is 19.2 Å². The molecule has 0 atom stereocenters. The number of carbonyl (C=O) groups is 2. The maximum absolute atomic E-state index is 12.1. The van der Waals surface area contributed by atoms with Crippen LogP contribution in [0.15, 0.2) is 24.4 Å². The molecule has 0 saturated carbocycles. The zero-order chi connectivity index (χ0) is 23.2. The molecule has 0 spiro atoms. The molecule has 2 amide bonds. The molecule has 0 bridgehead atoms. The van der Waals surface area contributed by atoms with Crippen molar-refractivity contribution >= 4 is 29.4 Å². The summed E-state index contributed by atoms with van der Waals surface area (Å²) in [7, 11) is 0. The Morgan fingerprint density at radius 2 is 2.00 bits per heavy atom. The van der Waals surface area contributed by atoms with E-state index in [-0.39, 0.29) is 5.91 Å². The molecule has 0 aliphatic carbocycles. The summed E-state index contributed by atoms with van der Waals surface area (Å²) in [6.45, 7) is 7.01. The molecule has 9 heteroatoms. The Balaban J connectivity index is 2.08. The van der Waals surface area contributed by atoms with E-state index in [1.165, 1.54) is 18.9 Å². The summed E-state index contributed by atoms with van der Waals surface area (Å²) >= 11 is 0. The number of likely N-dealkylation sites (N-methyl/N-ethyl adjacent to an activating group) is 1. The zero-order valence-corrected chi connectivity index (χ0v) is 19.1. The van der Waals surface area contributed by atoms with Gasteiger partial charge in [-0.15, -0.1) is 0 Å². The number of hydrogen-bond acceptors (Lipinski definition) is 6. The third kappa shape index (κ3) is 8.32. The van der Waals surface area contributed by atoms with Crippen molar-refractivity contribution in [2.75, 3.05) is 31.5 Å². The van der Waals surface area contributed by atoms with Gasteiger partial charge in [0, 0.05) is 38.3 Å². The smallest absolute Gasteiger partial charge is 0.267 e. The monoisotopic (exact) mass is 444 g/mol. The lowest BCUT2D eigenvalue weighted by Crippen LogP contribution is -2.32. The second kappa shape index (κ2) is 14.2. The Labute approximate surface area is 189 Å². The molecule has 2 rings (SSSR count). The van der Waals surface area contributed by atoms with Gasteiger partial charge in [0.25, 0.3) is 5.91 Å². The van der Waals surface area contributed by atoms with Gasteiger partial charge in [0.15, 0.2) is 0 Å². The first kappa shape index (κ1) is 25.4. The number of anilines is 1. The lowest BCUT2D eigenvalue weighted by molar-refractivity contribution is -0.124. The van der Waals surface area contributed by atoms with Gasteiger partial charge >= 0.3 is 0 Å². The standard InChI is InChI=1S/C23H36N6O3/c1-3-5-6-7-8-19-23(26-13-11-21(30)25-15-14-24-4-2)29-16-12-18(17-20(29)27-19)9-10-22(31)28-32/h9-10,12,16-17,24,26,32H,3-8,11,13-15H2,1-2H3,(H,25,30)(H,28,31)/b10-9+. The van der Waals surface area contributed by atoms with Crippen molar-refractivity contribution in [1.82, 2.24) is 25.5 Å². The van der Waals surface area contributed by atoms with Crippen LogP contribution >= 0.6 is 0 Å². The fourth-order valence-corrected chi connectivity index (χ4v) is 3.35. The molecule has 0 saturated heterocycles. The highest BCUT2D eigenvalue weighted by molar-refractivity contribution is 5.91. The zero-order valence-electron chi connectivity index (χ0n) is 19.1. The normalized spacial score (nSPS) is 11.2. The van der Waals surface area contributed by atoms with Crippen molar-refractivity contribution in [3.05, 3.63) is 35.7 Å². The van der Waals surface area contributed by atoms with E-state index < -0.39 is 5.91 Å². The number of aromatic nitrogens is 2. The predicted molar refractivity (Wildman–Crippen MR) is 127 cm³/mol. The van der Waals surface area contributed by atoms with Crippen molar-refractivity contribution < 1.29 is 14.8 Å². The Kier molecular flexibility index (Phi) is 11.3. The van der Waals surface area contributed by atoms with E-state index in [1.807, 2.05) is 29.7 Å². The molecule has 2 aromatic heterocycles. The van der Waals surface area contributed by atoms with Crippen molar-refractivity contribution in [2.24, 2.45) is 0 Å². The SMILES string of the molecule is CCCCCCc1nc2cc(/C=C/C(=O)NO)ccn2c1NCCC(=O)NCCNCC. The van der Waals surface area contributed by atoms with Crippen molar-refractivity contribution in [1.29, 1.82) is 0 Å². The summed E-state index contributed by atoms with van der Waals surface area (Å²) in [6.07, 6.45) is 10.6. The van der Waals surface area contributed by atoms with E-state index in [0.29, 0.717) is 19.5 Å². The van der Waals surface area contributed by atoms with Crippen LogP contribution in [-0.4, -0.2) is 52.6 Å². The van der Waals surface area contributed by atoms with E-state index in [1.54, 1.807) is 11.6 Å². The van der Waals surface area contributed by atoms with E-state index in [2.05, 4.69) is 22.9 Å². The molecular weight excluding hydrogens is 408 g/mol. The topological polar surface area (TPSA) is 120 Å². The quantitative estimate of drug-likeness (QED) is 0.125. The van der Waals surface area contributed by atoms with Gasteiger partial charge < -0.3 is 16.0 Å². The van der Waals surface area contributed by atoms with Crippen LogP contribution in [0.4, 0.5) is 5.82 Å². The summed E-state index contributed by atoms with van der Waals surface area (Å²) in [5.41, 5.74) is 4.12. The second-order valence-electron chi connectivity index (χ2n) is 7.60. The number of imidazole rings is 1. The van der Waals surface area contributed by atoms with Gasteiger partial charge in [-0.1, -0.05) is 33.1 Å². The third-order valence-electron chi connectivity index (χ3n) is 5.05. The van der Waals surface area contributed by atoms with E-state index in [0.717, 1.165) is 55.1 Å². The van der Waals surface area contributed by atoms with Crippen molar-refractivity contribution in [3.8, 4) is 0 Å². The first-order valence-corrected chi connectivity index (χ1v) is 11.4. The average molecular weight is 445 g/mol. The van der Waals surface area contributed by atoms with Crippen LogP contribution in [0.3, 0.4) is 0 Å². The Bertz CT molecular complexity index is 893. The summed E-state index contributed by atoms with van der Waals surface area (Å²) in [6, 6.07) is 3.75. The minimum absolute atomic E-state index is 0.0169. The van der Waals surface area contributed by atoms with Gasteiger partial charge in [-0.05, 0) is 43.2 Å². The third-order valence-corrected chi connectivity index (χ3v) is 5.05. The number of nitrogens with zero attached hydrogens (tertiary/aromatic N) is 2. The van der Waals surface area contributed by atoms with Crippen LogP contribution in [0.2, 0.25) is 0 Å². The van der Waals surface area contributed by atoms with Crippen molar-refractivity contribution in [2.45, 2.75) is 52.4 Å². The van der Waals surface area contributed by atoms with Crippen LogP contribution < -0.4 is 21.4 Å². The second-order valence-corrected chi connectivity index (χ2v) is 7.60. The maximum Gasteiger partial charge on any atom is 0.267 e. The average Bonchev–Trinajstić information content (AvgIpc) is 3.14. The Morgan fingerprint density at radius 1 is 1.16 bits per heavy atom. The summed E-state index contributed by atoms with van der Waals surface area (Å²) in [4.78, 5) is 28.1. The Hall–Kier alpha value is -2.91. The van der Waals surface area contributed by atoms with E-state index in [4.69, 9.17) is 10.2 Å². The number of unbranched alkanes of at least 4 members (excludes halogenated alkanes) is 3. The lowest BCUT2D eigenvalue weighted by atomic mass is 10.1. The molecular formula is C23H36N6O3. The summed E-state index contributed by atoms with van der Waals surface area (Å²) in [5, 5.41) is 18.1. The Morgan fingerprint density at radius 3 is 2.75 bits per heavy atom. The van der Waals surface area contributed by atoms with E-state index in [9.17, 15) is 9.59 Å². The maximum atomic E-state index is 12.1. The van der Waals surface area contributed by atoms with Gasteiger partial charge in [0.05, 0.1) is 5.69 Å². The minimum Gasteiger partial charge on any atom is -0.369 e. The highest BCUT2D eigenvalue weighted by Gasteiger charge is 2.13. The lowest BCUT2D eigenvalue weighted by Gasteiger charge is -2.10. The molecule has 9 nitrogen and oxygen atoms in total. The predicted octanol–water partition coefficient (Wildman–Crippen LogP) is 2.50. The number of hydroxylamine groups is 1. The number of pyridine rings is 1. The number of rotatable bonds is 15. The number of carbonyl (C=O) groups excluding carboxylic acids is 2. The van der Waals surface area contributed by atoms with Crippen LogP contribution in [0, 0.1) is 0 Å². The van der Waals surface area contributed by atoms with Gasteiger partial charge in [0.1, 0.15) is 11.5 Å². The molecule has 0 unspecified atom stereocenters. The molecule has 176 valence electrons. The van der Waals surface area contributed by atoms with Gasteiger partial charge in [0.2, 0.25) is 5.91 Å². The number of amides is 2. The fraction of sp³-hybridized carbons (Fsp3) is 0.522. The number of fused-ring (bicyclic) bond motifs is 1. The molecule has 0 aliphatic rings. The largest absolute Gasteiger partial charge is 0.369 e. The summed E-state index contributed by atoms with van der Waals surface area (Å²) in [5.74, 6) is 0.333. The van der Waals surface area contributed by atoms with Gasteiger partial charge in [-0.25, -0.2) is 10.5 Å². The molecule has 0 radical (unpaired) electrons. The summed E-state index contributed by atoms with van der Waals surface area (Å²) < 4.78 is 1.97. The number of nitrogens with one attached hydrogen (secondary N) is 4. The fourth-order valence-electron chi connectivity index (χ4n) is 3.35. The number of hydrogen-bond donors (Lipinski definition) is 5. The van der Waals surface area contributed by atoms with Crippen molar-refractivity contribution in [3.63, 3.8) is 0 Å². The molecule has 0 aliphatic heterocycles. The van der Waals surface area contributed by atoms with Crippen LogP contribution in [-0.2, 0) is 16.0 Å². The van der Waals surface area contributed by atoms with E-state index >= 15 is 0 Å². The molecule has 0 aromatic carbocycles. The van der Waals surface area contributed by atoms with Crippen LogP contribution in [0.25, 0.3) is 11.7 Å². The minimum atomic E-state index is -0.587. The molecule has 2 aromatic rings. The molecule has 5 N–H and O–H groups in total. The first-order valence-electron chi connectivity index (χ1n) is 11.4. The van der Waals surface area contributed by atoms with Crippen LogP contribution in [0.1, 0.15) is 57.2 Å². The number of aryl methyl sites for hydroxylation is 1.